The number of nitrogens with zero attached hydrogens (tertiary/aromatic N) is 5. The number of rotatable bonds is 5. The minimum absolute atomic E-state index is 0.0366. The molecule has 1 aromatic heterocycles. The van der Waals surface area contributed by atoms with Crippen LogP contribution >= 0.6 is 0 Å². The fourth-order valence-electron chi connectivity index (χ4n) is 4.76. The summed E-state index contributed by atoms with van der Waals surface area (Å²) in [5.74, 6) is 0.242. The van der Waals surface area contributed by atoms with Crippen LogP contribution in [0.4, 0.5) is 0 Å². The number of amides is 1. The maximum atomic E-state index is 13.6. The lowest BCUT2D eigenvalue weighted by Crippen LogP contribution is -2.58. The third-order valence-corrected chi connectivity index (χ3v) is 6.55. The van der Waals surface area contributed by atoms with E-state index in [1.165, 1.54) is 0 Å². The van der Waals surface area contributed by atoms with Crippen LogP contribution in [0.2, 0.25) is 0 Å². The summed E-state index contributed by atoms with van der Waals surface area (Å²) < 4.78 is 1.74. The zero-order valence-corrected chi connectivity index (χ0v) is 18.2. The van der Waals surface area contributed by atoms with E-state index < -0.39 is 5.60 Å². The largest absolute Gasteiger partial charge is 0.375 e. The van der Waals surface area contributed by atoms with Crippen LogP contribution in [-0.4, -0.2) is 62.7 Å². The summed E-state index contributed by atoms with van der Waals surface area (Å²) >= 11 is 0. The van der Waals surface area contributed by atoms with Crippen molar-refractivity contribution in [1.29, 1.82) is 0 Å². The first kappa shape index (κ1) is 21.4. The van der Waals surface area contributed by atoms with Crippen molar-refractivity contribution in [3.63, 3.8) is 0 Å². The number of aliphatic hydroxyl groups is 1. The van der Waals surface area contributed by atoms with Crippen LogP contribution in [-0.2, 0) is 24.0 Å². The number of hydrogen-bond donors (Lipinski definition) is 2. The van der Waals surface area contributed by atoms with E-state index in [0.29, 0.717) is 44.2 Å². The third kappa shape index (κ3) is 4.44. The van der Waals surface area contributed by atoms with E-state index in [1.807, 2.05) is 54.5 Å². The van der Waals surface area contributed by atoms with Crippen LogP contribution in [0.15, 0.2) is 47.6 Å². The lowest BCUT2D eigenvalue weighted by Gasteiger charge is -2.41. The highest BCUT2D eigenvalue weighted by Gasteiger charge is 2.48. The van der Waals surface area contributed by atoms with Crippen molar-refractivity contribution in [2.45, 2.75) is 37.8 Å². The molecule has 1 unspecified atom stereocenters. The van der Waals surface area contributed by atoms with Gasteiger partial charge in [0.2, 0.25) is 0 Å². The van der Waals surface area contributed by atoms with Gasteiger partial charge in [0, 0.05) is 45.3 Å². The molecule has 2 aliphatic rings. The molecule has 2 fully saturated rings. The van der Waals surface area contributed by atoms with Gasteiger partial charge in [0.05, 0.1) is 12.2 Å². The molecule has 8 nitrogen and oxygen atoms in total. The van der Waals surface area contributed by atoms with E-state index in [2.05, 4.69) is 10.1 Å². The van der Waals surface area contributed by atoms with Crippen LogP contribution in [0, 0.1) is 5.92 Å². The van der Waals surface area contributed by atoms with Gasteiger partial charge in [0.1, 0.15) is 0 Å². The number of carbonyl (C=O) groups is 1. The van der Waals surface area contributed by atoms with Gasteiger partial charge in [0.25, 0.3) is 5.91 Å². The fraction of sp³-hybridized carbons (Fsp3) is 0.522. The van der Waals surface area contributed by atoms with Gasteiger partial charge in [-0.2, -0.15) is 5.10 Å². The molecule has 1 saturated carbocycles. The number of carbonyl (C=O) groups excluding carboxylic acids is 1. The van der Waals surface area contributed by atoms with Crippen molar-refractivity contribution in [1.82, 2.24) is 19.6 Å². The predicted octanol–water partition coefficient (Wildman–Crippen LogP) is 1.46. The van der Waals surface area contributed by atoms with Gasteiger partial charge in [0.15, 0.2) is 11.6 Å². The van der Waals surface area contributed by atoms with Crippen molar-refractivity contribution in [2.75, 3.05) is 26.2 Å². The molecule has 0 radical (unpaired) electrons. The predicted molar refractivity (Wildman–Crippen MR) is 119 cm³/mol. The van der Waals surface area contributed by atoms with Crippen molar-refractivity contribution >= 4 is 11.9 Å². The number of aliphatic imine (C=N–C) groups is 1. The smallest absolute Gasteiger partial charge is 0.259 e. The zero-order chi connectivity index (χ0) is 21.8. The van der Waals surface area contributed by atoms with Crippen molar-refractivity contribution < 1.29 is 9.90 Å². The first-order valence-corrected chi connectivity index (χ1v) is 11.1. The number of piperazine rings is 1. The van der Waals surface area contributed by atoms with Gasteiger partial charge in [-0.1, -0.05) is 43.2 Å². The highest BCUT2D eigenvalue weighted by Crippen LogP contribution is 2.42. The Kier molecular flexibility index (Phi) is 6.27. The molecule has 1 aliphatic heterocycles. The highest BCUT2D eigenvalue weighted by atomic mass is 16.3. The monoisotopic (exact) mass is 424 g/mol. The van der Waals surface area contributed by atoms with Gasteiger partial charge in [-0.15, -0.1) is 0 Å². The molecule has 1 aromatic carbocycles. The molecule has 166 valence electrons. The first-order valence-electron chi connectivity index (χ1n) is 11.1. The van der Waals surface area contributed by atoms with Crippen LogP contribution in [0.25, 0.3) is 0 Å². The number of benzene rings is 1. The Morgan fingerprint density at radius 3 is 2.39 bits per heavy atom. The molecule has 4 rings (SSSR count). The van der Waals surface area contributed by atoms with E-state index in [1.54, 1.807) is 9.58 Å². The van der Waals surface area contributed by atoms with Crippen LogP contribution in [0.5, 0.6) is 0 Å². The lowest BCUT2D eigenvalue weighted by molar-refractivity contribution is -0.160. The molecule has 0 spiro atoms. The second kappa shape index (κ2) is 9.09. The number of nitrogens with two attached hydrogens (primary N) is 1. The Labute approximate surface area is 183 Å². The third-order valence-electron chi connectivity index (χ3n) is 6.55. The summed E-state index contributed by atoms with van der Waals surface area (Å²) in [6, 6.07) is 11.3. The average Bonchev–Trinajstić information content (AvgIpc) is 3.49. The SMILES string of the molecule is Cn1ccc(CN=C(N)N2CCN(C(=O)C(O)(c3ccccc3)C3CCCC3)CC2)n1. The van der Waals surface area contributed by atoms with Gasteiger partial charge < -0.3 is 20.6 Å². The minimum atomic E-state index is -1.46. The molecule has 2 heterocycles. The molecular formula is C23H32N6O2. The normalized spacial score (nSPS) is 20.1. The number of aryl methyl sites for hydroxylation is 1. The Balaban J connectivity index is 1.42. The average molecular weight is 425 g/mol. The number of guanidine groups is 1. The lowest BCUT2D eigenvalue weighted by atomic mass is 9.79. The minimum Gasteiger partial charge on any atom is -0.375 e. The molecule has 3 N–H and O–H groups in total. The number of hydrogen-bond acceptors (Lipinski definition) is 4. The highest BCUT2D eigenvalue weighted by molar-refractivity contribution is 5.87. The molecule has 2 aromatic rings. The summed E-state index contributed by atoms with van der Waals surface area (Å²) in [6.45, 7) is 2.65. The van der Waals surface area contributed by atoms with Gasteiger partial charge in [-0.25, -0.2) is 4.99 Å². The molecule has 31 heavy (non-hydrogen) atoms. The number of aromatic nitrogens is 2. The topological polar surface area (TPSA) is 100.0 Å². The van der Waals surface area contributed by atoms with Gasteiger partial charge in [-0.05, 0) is 24.5 Å². The summed E-state index contributed by atoms with van der Waals surface area (Å²) in [6.07, 6.45) is 5.76. The van der Waals surface area contributed by atoms with E-state index in [-0.39, 0.29) is 11.8 Å². The molecular weight excluding hydrogens is 392 g/mol. The Morgan fingerprint density at radius 1 is 1.13 bits per heavy atom. The summed E-state index contributed by atoms with van der Waals surface area (Å²) in [4.78, 5) is 21.8. The summed E-state index contributed by atoms with van der Waals surface area (Å²) in [5.41, 5.74) is 6.29. The van der Waals surface area contributed by atoms with Crippen LogP contribution in [0.3, 0.4) is 0 Å². The first-order chi connectivity index (χ1) is 15.0. The Bertz CT molecular complexity index is 913. The second-order valence-corrected chi connectivity index (χ2v) is 8.55. The quantitative estimate of drug-likeness (QED) is 0.559. The van der Waals surface area contributed by atoms with E-state index in [9.17, 15) is 9.90 Å². The molecule has 1 atom stereocenters. The van der Waals surface area contributed by atoms with Crippen molar-refractivity contribution in [2.24, 2.45) is 23.7 Å². The van der Waals surface area contributed by atoms with E-state index >= 15 is 0 Å². The molecule has 0 bridgehead atoms. The second-order valence-electron chi connectivity index (χ2n) is 8.55. The standard InChI is InChI=1S/C23H32N6O2/c1-27-12-11-20(26-27)17-25-22(24)29-15-13-28(14-16-29)21(30)23(31,19-9-5-6-10-19)18-7-3-2-4-8-18/h2-4,7-8,11-12,19,31H,5-6,9-10,13-17H2,1H3,(H2,24,25). The molecule has 1 amide bonds. The Hall–Kier alpha value is -2.87. The van der Waals surface area contributed by atoms with E-state index in [4.69, 9.17) is 5.73 Å². The fourth-order valence-corrected chi connectivity index (χ4v) is 4.76. The zero-order valence-electron chi connectivity index (χ0n) is 18.2. The summed E-state index contributed by atoms with van der Waals surface area (Å²) in [7, 11) is 1.87. The van der Waals surface area contributed by atoms with Gasteiger partial charge >= 0.3 is 0 Å². The maximum Gasteiger partial charge on any atom is 0.259 e. The summed E-state index contributed by atoms with van der Waals surface area (Å²) in [5, 5.41) is 16.0. The van der Waals surface area contributed by atoms with Crippen LogP contribution in [0.1, 0.15) is 36.9 Å². The molecule has 1 aliphatic carbocycles. The molecule has 8 heteroatoms. The van der Waals surface area contributed by atoms with Gasteiger partial charge in [-0.3, -0.25) is 9.48 Å². The van der Waals surface area contributed by atoms with Crippen molar-refractivity contribution in [3.05, 3.63) is 53.9 Å². The maximum absolute atomic E-state index is 13.6. The Morgan fingerprint density at radius 2 is 1.77 bits per heavy atom. The van der Waals surface area contributed by atoms with E-state index in [0.717, 1.165) is 31.4 Å². The van der Waals surface area contributed by atoms with Crippen molar-refractivity contribution in [3.8, 4) is 0 Å². The van der Waals surface area contributed by atoms with Crippen LogP contribution < -0.4 is 5.73 Å². The molecule has 1 saturated heterocycles.